The van der Waals surface area contributed by atoms with Crippen LogP contribution in [0.5, 0.6) is 0 Å². The second-order valence-electron chi connectivity index (χ2n) is 7.47. The summed E-state index contributed by atoms with van der Waals surface area (Å²) in [5.74, 6) is -0.559. The first-order valence-corrected chi connectivity index (χ1v) is 9.45. The summed E-state index contributed by atoms with van der Waals surface area (Å²) in [6, 6.07) is 0. The average molecular weight is 406 g/mol. The maximum absolute atomic E-state index is 12.2. The van der Waals surface area contributed by atoms with Crippen LogP contribution in [0.3, 0.4) is 0 Å². The fourth-order valence-corrected chi connectivity index (χ4v) is 2.42. The topological polar surface area (TPSA) is 103 Å². The van der Waals surface area contributed by atoms with E-state index in [9.17, 15) is 9.59 Å². The molecule has 0 aliphatic heterocycles. The molecule has 0 spiro atoms. The highest BCUT2D eigenvalue weighted by molar-refractivity contribution is 6.26. The Bertz CT molecular complexity index is 759. The number of amides is 1. The molecule has 0 saturated heterocycles. The molecule has 0 heterocycles. The lowest BCUT2D eigenvalue weighted by atomic mass is 10.0. The van der Waals surface area contributed by atoms with Crippen molar-refractivity contribution in [2.24, 2.45) is 10.7 Å². The Morgan fingerprint density at radius 3 is 2.10 bits per heavy atom. The van der Waals surface area contributed by atoms with Gasteiger partial charge in [0.15, 0.2) is 0 Å². The van der Waals surface area contributed by atoms with Crippen molar-refractivity contribution in [1.82, 2.24) is 5.32 Å². The summed E-state index contributed by atoms with van der Waals surface area (Å²) in [5, 5.41) is 2.78. The van der Waals surface area contributed by atoms with Crippen molar-refractivity contribution in [3.05, 3.63) is 46.3 Å². The number of ether oxygens (including phenoxy) is 2. The van der Waals surface area contributed by atoms with Gasteiger partial charge in [0.1, 0.15) is 11.2 Å². The van der Waals surface area contributed by atoms with Gasteiger partial charge in [-0.2, -0.15) is 0 Å². The van der Waals surface area contributed by atoms with E-state index in [0.717, 1.165) is 12.0 Å². The molecule has 0 rings (SSSR count). The van der Waals surface area contributed by atoms with Crippen LogP contribution >= 0.6 is 0 Å². The molecule has 7 nitrogen and oxygen atoms in total. The fourth-order valence-electron chi connectivity index (χ4n) is 2.42. The van der Waals surface area contributed by atoms with E-state index in [0.29, 0.717) is 22.7 Å². The molecule has 0 aromatic heterocycles. The van der Waals surface area contributed by atoms with Crippen molar-refractivity contribution in [2.75, 3.05) is 14.2 Å². The van der Waals surface area contributed by atoms with E-state index in [-0.39, 0.29) is 5.57 Å². The molecular formula is C22H35N3O4. The van der Waals surface area contributed by atoms with Crippen LogP contribution in [0.2, 0.25) is 0 Å². The molecule has 29 heavy (non-hydrogen) atoms. The van der Waals surface area contributed by atoms with Crippen LogP contribution in [0.15, 0.2) is 51.3 Å². The first-order valence-electron chi connectivity index (χ1n) is 9.45. The number of carbonyl (C=O) groups excluding carboxylic acids is 2. The number of nitrogens with zero attached hydrogens (tertiary/aromatic N) is 1. The molecule has 0 aliphatic rings. The number of carbonyl (C=O) groups is 2. The van der Waals surface area contributed by atoms with Crippen molar-refractivity contribution >= 4 is 17.8 Å². The van der Waals surface area contributed by atoms with Gasteiger partial charge in [-0.15, -0.1) is 0 Å². The van der Waals surface area contributed by atoms with Crippen LogP contribution < -0.4 is 11.1 Å². The van der Waals surface area contributed by atoms with E-state index in [2.05, 4.69) is 10.3 Å². The molecule has 0 fully saturated rings. The SMILES string of the molecule is CC/C=C(C)/C(=C\C=C(/C)C(=NC)/C(C(=O)OC)=C(/C)N)NC(=O)OC(C)(C)C. The minimum absolute atomic E-state index is 0.208. The van der Waals surface area contributed by atoms with Crippen LogP contribution in [0, 0.1) is 0 Å². The zero-order valence-corrected chi connectivity index (χ0v) is 19.1. The highest BCUT2D eigenvalue weighted by atomic mass is 16.6. The number of nitrogens with one attached hydrogen (secondary N) is 1. The predicted octanol–water partition coefficient (Wildman–Crippen LogP) is 4.17. The number of hydrogen-bond donors (Lipinski definition) is 2. The molecule has 3 N–H and O–H groups in total. The monoisotopic (exact) mass is 405 g/mol. The first kappa shape index (κ1) is 26.2. The van der Waals surface area contributed by atoms with Crippen LogP contribution in [0.25, 0.3) is 0 Å². The Labute approximate surface area is 174 Å². The van der Waals surface area contributed by atoms with Crippen molar-refractivity contribution in [1.29, 1.82) is 0 Å². The van der Waals surface area contributed by atoms with Gasteiger partial charge in [-0.05, 0) is 65.2 Å². The van der Waals surface area contributed by atoms with Gasteiger partial charge in [0.05, 0.1) is 12.8 Å². The van der Waals surface area contributed by atoms with Crippen LogP contribution in [0.4, 0.5) is 4.79 Å². The number of esters is 1. The second-order valence-corrected chi connectivity index (χ2v) is 7.47. The Morgan fingerprint density at radius 1 is 1.10 bits per heavy atom. The summed E-state index contributed by atoms with van der Waals surface area (Å²) in [6.45, 7) is 12.7. The summed E-state index contributed by atoms with van der Waals surface area (Å²) in [4.78, 5) is 28.5. The number of hydrogen-bond acceptors (Lipinski definition) is 6. The van der Waals surface area contributed by atoms with Gasteiger partial charge < -0.3 is 15.2 Å². The molecular weight excluding hydrogens is 370 g/mol. The number of aliphatic imine (C=N–C) groups is 1. The number of allylic oxidation sites excluding steroid dienone is 6. The van der Waals surface area contributed by atoms with Gasteiger partial charge in [0.2, 0.25) is 0 Å². The number of rotatable bonds is 7. The van der Waals surface area contributed by atoms with E-state index in [1.807, 2.05) is 19.9 Å². The highest BCUT2D eigenvalue weighted by Crippen LogP contribution is 2.15. The standard InChI is InChI=1S/C22H35N3O4/c1-10-11-14(2)17(25-21(27)29-22(5,6)7)13-12-15(3)19(24-8)18(16(4)23)20(26)28-9/h11-13H,10,23H2,1-9H3,(H,25,27)/b14-11+,15-12+,17-13+,18-16+,24-19?. The van der Waals surface area contributed by atoms with Gasteiger partial charge in [0.25, 0.3) is 0 Å². The Kier molecular flexibility index (Phi) is 10.7. The largest absolute Gasteiger partial charge is 0.465 e. The Hall–Kier alpha value is -2.83. The highest BCUT2D eigenvalue weighted by Gasteiger charge is 2.20. The molecule has 0 radical (unpaired) electrons. The third-order valence-electron chi connectivity index (χ3n) is 3.69. The zero-order valence-electron chi connectivity index (χ0n) is 19.1. The molecule has 0 saturated carbocycles. The number of alkyl carbamates (subject to hydrolysis) is 1. The fraction of sp³-hybridized carbons (Fsp3) is 0.500. The molecule has 0 aromatic carbocycles. The summed E-state index contributed by atoms with van der Waals surface area (Å²) in [6.07, 6.45) is 5.76. The van der Waals surface area contributed by atoms with E-state index in [4.69, 9.17) is 15.2 Å². The van der Waals surface area contributed by atoms with E-state index >= 15 is 0 Å². The van der Waals surface area contributed by atoms with Crippen LogP contribution in [-0.2, 0) is 14.3 Å². The molecule has 0 aliphatic carbocycles. The minimum atomic E-state index is -0.607. The first-order chi connectivity index (χ1) is 13.4. The minimum Gasteiger partial charge on any atom is -0.465 e. The van der Waals surface area contributed by atoms with Gasteiger partial charge in [-0.3, -0.25) is 10.3 Å². The van der Waals surface area contributed by atoms with E-state index in [1.165, 1.54) is 7.11 Å². The lowest BCUT2D eigenvalue weighted by Gasteiger charge is -2.20. The van der Waals surface area contributed by atoms with Crippen LogP contribution in [-0.4, -0.2) is 37.5 Å². The molecule has 7 heteroatoms. The Balaban J connectivity index is 6.03. The van der Waals surface area contributed by atoms with Gasteiger partial charge in [-0.1, -0.05) is 19.1 Å². The van der Waals surface area contributed by atoms with Crippen LogP contribution in [0.1, 0.15) is 54.9 Å². The van der Waals surface area contributed by atoms with Crippen molar-refractivity contribution < 1.29 is 19.1 Å². The summed E-state index contributed by atoms with van der Waals surface area (Å²) in [7, 11) is 2.86. The van der Waals surface area contributed by atoms with Crippen molar-refractivity contribution in [3.8, 4) is 0 Å². The van der Waals surface area contributed by atoms with Gasteiger partial charge >= 0.3 is 12.1 Å². The normalized spacial score (nSPS) is 14.9. The second kappa shape index (κ2) is 11.9. The maximum Gasteiger partial charge on any atom is 0.412 e. The molecule has 162 valence electrons. The van der Waals surface area contributed by atoms with Crippen molar-refractivity contribution in [2.45, 2.75) is 60.5 Å². The molecule has 0 unspecified atom stereocenters. The predicted molar refractivity (Wildman–Crippen MR) is 118 cm³/mol. The van der Waals surface area contributed by atoms with Gasteiger partial charge in [0, 0.05) is 18.4 Å². The number of nitrogens with two attached hydrogens (primary N) is 1. The molecule has 0 aromatic rings. The summed E-state index contributed by atoms with van der Waals surface area (Å²) in [5.41, 5.74) is 8.35. The quantitative estimate of drug-likeness (QED) is 0.286. The van der Waals surface area contributed by atoms with E-state index in [1.54, 1.807) is 53.8 Å². The number of methoxy groups -OCH3 is 1. The smallest absolute Gasteiger partial charge is 0.412 e. The van der Waals surface area contributed by atoms with Crippen molar-refractivity contribution in [3.63, 3.8) is 0 Å². The van der Waals surface area contributed by atoms with E-state index < -0.39 is 17.7 Å². The zero-order chi connectivity index (χ0) is 22.8. The summed E-state index contributed by atoms with van der Waals surface area (Å²) >= 11 is 0. The maximum atomic E-state index is 12.2. The molecule has 0 atom stereocenters. The lowest BCUT2D eigenvalue weighted by Crippen LogP contribution is -2.32. The van der Waals surface area contributed by atoms with Gasteiger partial charge in [-0.25, -0.2) is 9.59 Å². The molecule has 0 bridgehead atoms. The molecule has 1 amide bonds. The third-order valence-corrected chi connectivity index (χ3v) is 3.69. The average Bonchev–Trinajstić information content (AvgIpc) is 2.60. The third kappa shape index (κ3) is 9.27. The summed E-state index contributed by atoms with van der Waals surface area (Å²) < 4.78 is 10.2. The Morgan fingerprint density at radius 2 is 1.69 bits per heavy atom. The lowest BCUT2D eigenvalue weighted by molar-refractivity contribution is -0.135.